The molecule has 0 fully saturated rings. The molecular weight excluding hydrogens is 220 g/mol. The molecule has 0 aliphatic heterocycles. The van der Waals surface area contributed by atoms with Crippen molar-refractivity contribution in [2.24, 2.45) is 7.05 Å². The van der Waals surface area contributed by atoms with E-state index >= 15 is 0 Å². The molecule has 0 aromatic carbocycles. The van der Waals surface area contributed by atoms with Crippen molar-refractivity contribution in [3.05, 3.63) is 58.3 Å². The standard InChI is InChI=1S/C12H12N2O3/c1-13-7-9(4-5-11(13)15)8-14-6-2-3-10(14)12(16)17/h2-7H,8H2,1H3,(H,16,17). The third kappa shape index (κ3) is 2.28. The van der Waals surface area contributed by atoms with Crippen LogP contribution in [0.4, 0.5) is 0 Å². The maximum Gasteiger partial charge on any atom is 0.352 e. The van der Waals surface area contributed by atoms with Crippen molar-refractivity contribution in [1.29, 1.82) is 0 Å². The smallest absolute Gasteiger partial charge is 0.352 e. The molecule has 0 saturated heterocycles. The third-order valence-electron chi connectivity index (χ3n) is 2.55. The number of aromatic carboxylic acids is 1. The number of carboxylic acid groups (broad SMARTS) is 1. The average Bonchev–Trinajstić information content (AvgIpc) is 2.72. The van der Waals surface area contributed by atoms with Crippen LogP contribution in [0.5, 0.6) is 0 Å². The molecule has 0 atom stereocenters. The number of carbonyl (C=O) groups is 1. The van der Waals surface area contributed by atoms with Crippen LogP contribution < -0.4 is 5.56 Å². The molecule has 5 nitrogen and oxygen atoms in total. The van der Waals surface area contributed by atoms with E-state index in [0.29, 0.717) is 6.54 Å². The van der Waals surface area contributed by atoms with Crippen molar-refractivity contribution in [3.63, 3.8) is 0 Å². The van der Waals surface area contributed by atoms with E-state index in [4.69, 9.17) is 5.11 Å². The van der Waals surface area contributed by atoms with Gasteiger partial charge in [-0.05, 0) is 17.7 Å². The first kappa shape index (κ1) is 11.2. The predicted molar refractivity (Wildman–Crippen MR) is 62.2 cm³/mol. The molecule has 2 rings (SSSR count). The minimum Gasteiger partial charge on any atom is -0.477 e. The van der Waals surface area contributed by atoms with Gasteiger partial charge in [0.1, 0.15) is 5.69 Å². The highest BCUT2D eigenvalue weighted by molar-refractivity contribution is 5.85. The lowest BCUT2D eigenvalue weighted by Crippen LogP contribution is -2.16. The monoisotopic (exact) mass is 232 g/mol. The minimum absolute atomic E-state index is 0.0836. The molecule has 0 aliphatic carbocycles. The highest BCUT2D eigenvalue weighted by atomic mass is 16.4. The highest BCUT2D eigenvalue weighted by Crippen LogP contribution is 2.06. The quantitative estimate of drug-likeness (QED) is 0.856. The Labute approximate surface area is 97.5 Å². The van der Waals surface area contributed by atoms with E-state index in [-0.39, 0.29) is 11.3 Å². The van der Waals surface area contributed by atoms with Crippen LogP contribution in [0.15, 0.2) is 41.5 Å². The zero-order valence-corrected chi connectivity index (χ0v) is 9.33. The van der Waals surface area contributed by atoms with Crippen LogP contribution in [-0.4, -0.2) is 20.2 Å². The lowest BCUT2D eigenvalue weighted by Gasteiger charge is -2.07. The molecule has 0 aliphatic rings. The van der Waals surface area contributed by atoms with E-state index < -0.39 is 5.97 Å². The SMILES string of the molecule is Cn1cc(Cn2cccc2C(=O)O)ccc1=O. The zero-order valence-electron chi connectivity index (χ0n) is 9.33. The summed E-state index contributed by atoms with van der Waals surface area (Å²) in [5.74, 6) is -0.958. The second-order valence-electron chi connectivity index (χ2n) is 3.81. The molecule has 0 unspecified atom stereocenters. The Morgan fingerprint density at radius 3 is 2.76 bits per heavy atom. The number of aryl methyl sites for hydroxylation is 1. The third-order valence-corrected chi connectivity index (χ3v) is 2.55. The van der Waals surface area contributed by atoms with E-state index in [1.54, 1.807) is 42.2 Å². The number of hydrogen-bond acceptors (Lipinski definition) is 2. The van der Waals surface area contributed by atoms with Gasteiger partial charge in [0.15, 0.2) is 0 Å². The summed E-state index contributed by atoms with van der Waals surface area (Å²) in [6.07, 6.45) is 3.41. The van der Waals surface area contributed by atoms with Crippen LogP contribution in [-0.2, 0) is 13.6 Å². The van der Waals surface area contributed by atoms with E-state index in [2.05, 4.69) is 0 Å². The lowest BCUT2D eigenvalue weighted by atomic mass is 10.2. The molecule has 0 spiro atoms. The average molecular weight is 232 g/mol. The molecule has 0 radical (unpaired) electrons. The number of rotatable bonds is 3. The fourth-order valence-corrected chi connectivity index (χ4v) is 1.69. The Bertz CT molecular complexity index is 610. The van der Waals surface area contributed by atoms with Gasteiger partial charge in [0.2, 0.25) is 5.56 Å². The number of aromatic nitrogens is 2. The molecule has 0 amide bonds. The number of pyridine rings is 1. The number of nitrogens with zero attached hydrogens (tertiary/aromatic N) is 2. The van der Waals surface area contributed by atoms with Crippen LogP contribution in [0, 0.1) is 0 Å². The molecule has 0 bridgehead atoms. The van der Waals surface area contributed by atoms with Crippen LogP contribution in [0.25, 0.3) is 0 Å². The van der Waals surface area contributed by atoms with Crippen molar-refractivity contribution >= 4 is 5.97 Å². The van der Waals surface area contributed by atoms with Gasteiger partial charge in [-0.1, -0.05) is 6.07 Å². The van der Waals surface area contributed by atoms with Crippen LogP contribution in [0.2, 0.25) is 0 Å². The lowest BCUT2D eigenvalue weighted by molar-refractivity contribution is 0.0685. The van der Waals surface area contributed by atoms with Gasteiger partial charge in [-0.25, -0.2) is 4.79 Å². The molecule has 2 aromatic heterocycles. The molecule has 5 heteroatoms. The Balaban J connectivity index is 2.31. The van der Waals surface area contributed by atoms with E-state index in [1.165, 1.54) is 10.6 Å². The highest BCUT2D eigenvalue weighted by Gasteiger charge is 2.08. The van der Waals surface area contributed by atoms with Crippen molar-refractivity contribution in [2.45, 2.75) is 6.54 Å². The summed E-state index contributed by atoms with van der Waals surface area (Å²) in [4.78, 5) is 22.1. The second-order valence-corrected chi connectivity index (χ2v) is 3.81. The van der Waals surface area contributed by atoms with E-state index in [9.17, 15) is 9.59 Å². The second kappa shape index (κ2) is 4.29. The maximum absolute atomic E-state index is 11.2. The first-order chi connectivity index (χ1) is 8.08. The van der Waals surface area contributed by atoms with Crippen molar-refractivity contribution < 1.29 is 9.90 Å². The van der Waals surface area contributed by atoms with Gasteiger partial charge in [0.05, 0.1) is 0 Å². The van der Waals surface area contributed by atoms with Crippen molar-refractivity contribution in [3.8, 4) is 0 Å². The Morgan fingerprint density at radius 1 is 1.35 bits per heavy atom. The summed E-state index contributed by atoms with van der Waals surface area (Å²) < 4.78 is 3.10. The largest absolute Gasteiger partial charge is 0.477 e. The minimum atomic E-state index is -0.958. The number of carboxylic acids is 1. The van der Waals surface area contributed by atoms with E-state index in [1.807, 2.05) is 0 Å². The first-order valence-electron chi connectivity index (χ1n) is 5.12. The van der Waals surface area contributed by atoms with Crippen LogP contribution in [0.1, 0.15) is 16.1 Å². The van der Waals surface area contributed by atoms with Gasteiger partial charge < -0.3 is 14.2 Å². The topological polar surface area (TPSA) is 64.2 Å². The van der Waals surface area contributed by atoms with Gasteiger partial charge in [0, 0.05) is 32.1 Å². The normalized spacial score (nSPS) is 10.4. The summed E-state index contributed by atoms with van der Waals surface area (Å²) in [5.41, 5.74) is 1.03. The molecule has 1 N–H and O–H groups in total. The fourth-order valence-electron chi connectivity index (χ4n) is 1.69. The summed E-state index contributed by atoms with van der Waals surface area (Å²) in [7, 11) is 1.67. The summed E-state index contributed by atoms with van der Waals surface area (Å²) in [5, 5.41) is 8.96. The van der Waals surface area contributed by atoms with Crippen molar-refractivity contribution in [2.75, 3.05) is 0 Å². The summed E-state index contributed by atoms with van der Waals surface area (Å²) >= 11 is 0. The van der Waals surface area contributed by atoms with Gasteiger partial charge >= 0.3 is 5.97 Å². The zero-order chi connectivity index (χ0) is 12.4. The summed E-state index contributed by atoms with van der Waals surface area (Å²) in [6, 6.07) is 6.41. The molecule has 2 heterocycles. The fraction of sp³-hybridized carbons (Fsp3) is 0.167. The van der Waals surface area contributed by atoms with Gasteiger partial charge in [0.25, 0.3) is 0 Å². The summed E-state index contributed by atoms with van der Waals surface area (Å²) in [6.45, 7) is 0.433. The van der Waals surface area contributed by atoms with Gasteiger partial charge in [-0.15, -0.1) is 0 Å². The first-order valence-corrected chi connectivity index (χ1v) is 5.12. The van der Waals surface area contributed by atoms with Gasteiger partial charge in [-0.3, -0.25) is 4.79 Å². The molecule has 0 saturated carbocycles. The maximum atomic E-state index is 11.2. The van der Waals surface area contributed by atoms with Crippen molar-refractivity contribution in [1.82, 2.24) is 9.13 Å². The molecular formula is C12H12N2O3. The Morgan fingerprint density at radius 2 is 2.12 bits per heavy atom. The molecule has 17 heavy (non-hydrogen) atoms. The van der Waals surface area contributed by atoms with Crippen LogP contribution >= 0.6 is 0 Å². The van der Waals surface area contributed by atoms with Gasteiger partial charge in [-0.2, -0.15) is 0 Å². The van der Waals surface area contributed by atoms with E-state index in [0.717, 1.165) is 5.56 Å². The Kier molecular flexibility index (Phi) is 2.82. The van der Waals surface area contributed by atoms with Crippen LogP contribution in [0.3, 0.4) is 0 Å². The molecule has 2 aromatic rings. The number of hydrogen-bond donors (Lipinski definition) is 1. The Hall–Kier alpha value is -2.30. The predicted octanol–water partition coefficient (Wildman–Crippen LogP) is 0.933. The molecule has 88 valence electrons.